The van der Waals surface area contributed by atoms with Gasteiger partial charge in [0.1, 0.15) is 16.9 Å². The van der Waals surface area contributed by atoms with Crippen LogP contribution in [0.1, 0.15) is 74.4 Å². The number of anilines is 1. The number of amides is 2. The molecule has 6 rings (SSSR count). The molecular formula is C37H38ClN7O4S. The number of aromatic nitrogens is 3. The molecule has 2 aromatic heterocycles. The molecule has 0 aliphatic carbocycles. The van der Waals surface area contributed by atoms with Gasteiger partial charge in [-0.3, -0.25) is 19.1 Å². The van der Waals surface area contributed by atoms with Crippen molar-refractivity contribution in [2.75, 3.05) is 38.7 Å². The van der Waals surface area contributed by atoms with E-state index in [0.29, 0.717) is 53.6 Å². The van der Waals surface area contributed by atoms with Crippen LogP contribution in [-0.2, 0) is 14.3 Å². The van der Waals surface area contributed by atoms with Gasteiger partial charge in [0.05, 0.1) is 31.4 Å². The van der Waals surface area contributed by atoms with Gasteiger partial charge in [0.2, 0.25) is 11.8 Å². The van der Waals surface area contributed by atoms with E-state index in [2.05, 4.69) is 35.9 Å². The molecule has 258 valence electrons. The third kappa shape index (κ3) is 6.68. The zero-order valence-electron chi connectivity index (χ0n) is 28.6. The summed E-state index contributed by atoms with van der Waals surface area (Å²) in [6.45, 7) is 7.11. The zero-order valence-corrected chi connectivity index (χ0v) is 30.2. The number of nitrogens with zero attached hydrogens (tertiary/aromatic N) is 6. The average Bonchev–Trinajstić information content (AvgIpc) is 3.61. The summed E-state index contributed by atoms with van der Waals surface area (Å²) >= 11 is 7.91. The fraction of sp³-hybridized carbons (Fsp3) is 0.351. The Labute approximate surface area is 300 Å². The van der Waals surface area contributed by atoms with Crippen LogP contribution in [0.15, 0.2) is 47.5 Å². The van der Waals surface area contributed by atoms with Crippen LogP contribution in [0.4, 0.5) is 5.69 Å². The third-order valence-electron chi connectivity index (χ3n) is 9.37. The molecule has 2 aliphatic heterocycles. The van der Waals surface area contributed by atoms with E-state index in [1.54, 1.807) is 41.5 Å². The topological polar surface area (TPSA) is 136 Å². The van der Waals surface area contributed by atoms with Crippen molar-refractivity contribution in [1.82, 2.24) is 19.7 Å². The Bertz CT molecular complexity index is 2070. The summed E-state index contributed by atoms with van der Waals surface area (Å²) < 4.78 is 6.92. The van der Waals surface area contributed by atoms with Crippen LogP contribution < -0.4 is 10.6 Å². The smallest absolute Gasteiger partial charge is 0.339 e. The van der Waals surface area contributed by atoms with Crippen molar-refractivity contribution in [3.8, 4) is 16.8 Å². The first kappa shape index (κ1) is 35.0. The number of methoxy groups -OCH3 is 1. The van der Waals surface area contributed by atoms with Crippen molar-refractivity contribution in [2.24, 2.45) is 16.6 Å². The maximum atomic E-state index is 13.9. The molecule has 2 N–H and O–H groups in total. The van der Waals surface area contributed by atoms with Gasteiger partial charge in [0.25, 0.3) is 0 Å². The van der Waals surface area contributed by atoms with Crippen molar-refractivity contribution in [3.05, 3.63) is 91.8 Å². The molecule has 0 spiro atoms. The number of fused-ring (bicyclic) bond motifs is 3. The third-order valence-corrected chi connectivity index (χ3v) is 10.8. The molecule has 0 bridgehead atoms. The molecule has 11 nitrogen and oxygen atoms in total. The van der Waals surface area contributed by atoms with E-state index in [-0.39, 0.29) is 30.7 Å². The number of rotatable bonds is 6. The second kappa shape index (κ2) is 14.6. The van der Waals surface area contributed by atoms with E-state index in [1.807, 2.05) is 40.7 Å². The number of hydrogen-bond acceptors (Lipinski definition) is 9. The van der Waals surface area contributed by atoms with Crippen molar-refractivity contribution >= 4 is 52.1 Å². The van der Waals surface area contributed by atoms with Gasteiger partial charge in [-0.1, -0.05) is 35.6 Å². The molecule has 2 aromatic carbocycles. The fourth-order valence-corrected chi connectivity index (χ4v) is 7.82. The lowest BCUT2D eigenvalue weighted by Gasteiger charge is -2.33. The lowest BCUT2D eigenvalue weighted by Crippen LogP contribution is -2.44. The van der Waals surface area contributed by atoms with E-state index >= 15 is 0 Å². The van der Waals surface area contributed by atoms with E-state index in [4.69, 9.17) is 27.1 Å². The van der Waals surface area contributed by atoms with E-state index in [0.717, 1.165) is 33.2 Å². The lowest BCUT2D eigenvalue weighted by atomic mass is 9.94. The highest BCUT2D eigenvalue weighted by atomic mass is 35.5. The summed E-state index contributed by atoms with van der Waals surface area (Å²) in [7, 11) is 3.01. The number of benzene rings is 2. The molecule has 13 heteroatoms. The molecule has 1 saturated heterocycles. The Balaban J connectivity index is 1.20. The number of likely N-dealkylation sites (tertiary alicyclic amines) is 1. The molecule has 2 aliphatic rings. The number of nitrogens with two attached hydrogens (primary N) is 1. The number of piperidine rings is 1. The molecule has 4 aromatic rings. The van der Waals surface area contributed by atoms with Crippen LogP contribution in [0.5, 0.6) is 0 Å². The SMILES string of the molecule is COC(=O)c1ccc(N(C)C(=O)C2CCN(C(=O)C[C@@H]3N=C(c4ccc(Cl)cc4)c4c(sc(C)c4C)-n4c(C)nnc43)CC2)cc1C#CCN. The molecule has 2 amide bonds. The minimum Gasteiger partial charge on any atom is -0.465 e. The van der Waals surface area contributed by atoms with Crippen molar-refractivity contribution in [1.29, 1.82) is 0 Å². The van der Waals surface area contributed by atoms with Gasteiger partial charge in [-0.15, -0.1) is 21.5 Å². The van der Waals surface area contributed by atoms with Gasteiger partial charge in [-0.2, -0.15) is 0 Å². The second-order valence-corrected chi connectivity index (χ2v) is 14.0. The summed E-state index contributed by atoms with van der Waals surface area (Å²) in [6, 6.07) is 12.0. The monoisotopic (exact) mass is 711 g/mol. The summed E-state index contributed by atoms with van der Waals surface area (Å²) in [5.74, 6) is 6.12. The molecule has 1 fully saturated rings. The average molecular weight is 712 g/mol. The lowest BCUT2D eigenvalue weighted by molar-refractivity contribution is -0.135. The highest BCUT2D eigenvalue weighted by molar-refractivity contribution is 7.15. The highest BCUT2D eigenvalue weighted by Gasteiger charge is 2.35. The van der Waals surface area contributed by atoms with Crippen molar-refractivity contribution in [3.63, 3.8) is 0 Å². The van der Waals surface area contributed by atoms with Crippen LogP contribution in [0.2, 0.25) is 5.02 Å². The fourth-order valence-electron chi connectivity index (χ4n) is 6.48. The Morgan fingerprint density at radius 3 is 2.48 bits per heavy atom. The summed E-state index contributed by atoms with van der Waals surface area (Å²) in [4.78, 5) is 49.6. The van der Waals surface area contributed by atoms with Crippen LogP contribution in [-0.4, -0.2) is 77.0 Å². The number of carbonyl (C=O) groups excluding carboxylic acids is 3. The number of aryl methyl sites for hydroxylation is 2. The van der Waals surface area contributed by atoms with Gasteiger partial charge in [-0.05, 0) is 69.5 Å². The Morgan fingerprint density at radius 2 is 1.80 bits per heavy atom. The maximum absolute atomic E-state index is 13.9. The minimum absolute atomic E-state index is 0.0552. The summed E-state index contributed by atoms with van der Waals surface area (Å²) in [5.41, 5.74) is 10.7. The van der Waals surface area contributed by atoms with Gasteiger partial charge in [0, 0.05) is 58.3 Å². The summed E-state index contributed by atoms with van der Waals surface area (Å²) in [6.07, 6.45) is 1.15. The maximum Gasteiger partial charge on any atom is 0.339 e. The first-order chi connectivity index (χ1) is 24.0. The predicted octanol–water partition coefficient (Wildman–Crippen LogP) is 5.19. The number of thiophene rings is 1. The number of esters is 1. The first-order valence-corrected chi connectivity index (χ1v) is 17.5. The molecule has 0 unspecified atom stereocenters. The Kier molecular flexibility index (Phi) is 10.2. The molecular weight excluding hydrogens is 674 g/mol. The standard InChI is InChI=1S/C37H38ClN7O4S/c1-21-22(2)50-36-32(21)33(24-8-10-27(38)11-9-24)40-30(34-42-41-23(3)45(34)36)20-31(46)44-17-14-25(15-18-44)35(47)43(4)28-12-13-29(37(48)49-5)26(19-28)7-6-16-39/h8-13,19,25,30H,14-18,20,39H2,1-5H3/t30-/m0/s1. The molecule has 1 atom stereocenters. The van der Waals surface area contributed by atoms with Crippen LogP contribution >= 0.6 is 22.9 Å². The quantitative estimate of drug-likeness (QED) is 0.215. The first-order valence-electron chi connectivity index (χ1n) is 16.3. The predicted molar refractivity (Wildman–Crippen MR) is 194 cm³/mol. The van der Waals surface area contributed by atoms with Crippen LogP contribution in [0, 0.1) is 38.5 Å². The number of carbonyl (C=O) groups is 3. The van der Waals surface area contributed by atoms with Gasteiger partial charge >= 0.3 is 5.97 Å². The van der Waals surface area contributed by atoms with Gasteiger partial charge in [-0.25, -0.2) is 4.79 Å². The molecule has 0 saturated carbocycles. The van der Waals surface area contributed by atoms with E-state index < -0.39 is 12.0 Å². The highest BCUT2D eigenvalue weighted by Crippen LogP contribution is 2.40. The normalized spacial score (nSPS) is 15.6. The number of ether oxygens (including phenoxy) is 1. The van der Waals surface area contributed by atoms with E-state index in [1.165, 1.54) is 12.0 Å². The van der Waals surface area contributed by atoms with Crippen LogP contribution in [0.25, 0.3) is 5.00 Å². The Morgan fingerprint density at radius 1 is 1.08 bits per heavy atom. The minimum atomic E-state index is -0.566. The number of aliphatic imine (C=N–C) groups is 1. The largest absolute Gasteiger partial charge is 0.465 e. The zero-order chi connectivity index (χ0) is 35.7. The van der Waals surface area contributed by atoms with Crippen molar-refractivity contribution in [2.45, 2.75) is 46.1 Å². The Hall–Kier alpha value is -4.83. The summed E-state index contributed by atoms with van der Waals surface area (Å²) in [5, 5.41) is 10.5. The van der Waals surface area contributed by atoms with Gasteiger partial charge < -0.3 is 20.3 Å². The van der Waals surface area contributed by atoms with Crippen molar-refractivity contribution < 1.29 is 19.1 Å². The number of hydrogen-bond donors (Lipinski definition) is 1. The molecule has 0 radical (unpaired) electrons. The molecule has 4 heterocycles. The number of halogens is 1. The van der Waals surface area contributed by atoms with Gasteiger partial charge in [0.15, 0.2) is 5.82 Å². The second-order valence-electron chi connectivity index (χ2n) is 12.4. The molecule has 50 heavy (non-hydrogen) atoms. The van der Waals surface area contributed by atoms with Crippen LogP contribution in [0.3, 0.4) is 0 Å². The van der Waals surface area contributed by atoms with E-state index in [9.17, 15) is 14.4 Å².